The molecule has 0 aromatic carbocycles. The lowest BCUT2D eigenvalue weighted by molar-refractivity contribution is 0.0702. The van der Waals surface area contributed by atoms with E-state index in [0.717, 1.165) is 6.42 Å². The molecule has 0 unspecified atom stereocenters. The third kappa shape index (κ3) is 1.46. The van der Waals surface area contributed by atoms with Crippen molar-refractivity contribution in [3.63, 3.8) is 0 Å². The Bertz CT molecular complexity index is 377. The Morgan fingerprint density at radius 1 is 1.57 bits per heavy atom. The zero-order valence-electron chi connectivity index (χ0n) is 8.46. The van der Waals surface area contributed by atoms with Gasteiger partial charge in [0, 0.05) is 4.88 Å². The van der Waals surface area contributed by atoms with Gasteiger partial charge in [0.2, 0.25) is 0 Å². The largest absolute Gasteiger partial charge is 0.477 e. The van der Waals surface area contributed by atoms with E-state index in [1.807, 2.05) is 6.07 Å². The Morgan fingerprint density at radius 2 is 2.29 bits per heavy atom. The molecule has 1 N–H and O–H groups in total. The summed E-state index contributed by atoms with van der Waals surface area (Å²) in [5, 5.41) is 8.91. The minimum absolute atomic E-state index is 0.173. The summed E-state index contributed by atoms with van der Waals surface area (Å²) >= 11 is 1.45. The Hall–Kier alpha value is -0.830. The number of hydrogen-bond acceptors (Lipinski definition) is 2. The fourth-order valence-corrected chi connectivity index (χ4v) is 3.31. The van der Waals surface area contributed by atoms with Crippen molar-refractivity contribution < 1.29 is 9.90 Å². The van der Waals surface area contributed by atoms with Crippen LogP contribution in [0.5, 0.6) is 0 Å². The van der Waals surface area contributed by atoms with Gasteiger partial charge in [-0.3, -0.25) is 0 Å². The number of carboxylic acids is 1. The molecule has 1 aliphatic rings. The van der Waals surface area contributed by atoms with Gasteiger partial charge in [-0.2, -0.15) is 0 Å². The van der Waals surface area contributed by atoms with Crippen LogP contribution in [0.4, 0.5) is 0 Å². The van der Waals surface area contributed by atoms with Gasteiger partial charge in [0.1, 0.15) is 4.88 Å². The SMILES string of the molecule is CC1(C)CCCc2cc(C(=O)O)sc21. The van der Waals surface area contributed by atoms with E-state index in [1.165, 1.54) is 34.6 Å². The van der Waals surface area contributed by atoms with Crippen LogP contribution >= 0.6 is 11.3 Å². The molecule has 1 aliphatic carbocycles. The lowest BCUT2D eigenvalue weighted by atomic mass is 9.78. The first kappa shape index (κ1) is 9.71. The topological polar surface area (TPSA) is 37.3 Å². The van der Waals surface area contributed by atoms with Gasteiger partial charge in [-0.15, -0.1) is 11.3 Å². The van der Waals surface area contributed by atoms with Crippen molar-refractivity contribution in [2.24, 2.45) is 0 Å². The Balaban J connectivity index is 2.49. The van der Waals surface area contributed by atoms with E-state index >= 15 is 0 Å². The van der Waals surface area contributed by atoms with Crippen LogP contribution in [-0.4, -0.2) is 11.1 Å². The Morgan fingerprint density at radius 3 is 2.86 bits per heavy atom. The summed E-state index contributed by atoms with van der Waals surface area (Å²) in [5.41, 5.74) is 1.43. The lowest BCUT2D eigenvalue weighted by Gasteiger charge is -2.29. The molecule has 1 aromatic rings. The standard InChI is InChI=1S/C11H14O2S/c1-11(2)5-3-4-7-6-8(10(12)13)14-9(7)11/h6H,3-5H2,1-2H3,(H,12,13). The van der Waals surface area contributed by atoms with E-state index in [4.69, 9.17) is 5.11 Å². The number of thiophene rings is 1. The molecule has 2 nitrogen and oxygen atoms in total. The van der Waals surface area contributed by atoms with E-state index in [9.17, 15) is 4.79 Å². The molecule has 0 aliphatic heterocycles. The highest BCUT2D eigenvalue weighted by Gasteiger charge is 2.30. The molecule has 0 amide bonds. The average Bonchev–Trinajstić information content (AvgIpc) is 2.48. The van der Waals surface area contributed by atoms with Crippen molar-refractivity contribution >= 4 is 17.3 Å². The van der Waals surface area contributed by atoms with Gasteiger partial charge in [-0.1, -0.05) is 13.8 Å². The molecule has 3 heteroatoms. The van der Waals surface area contributed by atoms with Gasteiger partial charge in [0.25, 0.3) is 0 Å². The van der Waals surface area contributed by atoms with Gasteiger partial charge in [0.05, 0.1) is 0 Å². The summed E-state index contributed by atoms with van der Waals surface area (Å²) in [4.78, 5) is 12.6. The Labute approximate surface area is 87.6 Å². The first-order valence-electron chi connectivity index (χ1n) is 4.87. The minimum atomic E-state index is -0.791. The maximum atomic E-state index is 10.8. The van der Waals surface area contributed by atoms with Crippen molar-refractivity contribution in [2.75, 3.05) is 0 Å². The number of carbonyl (C=O) groups is 1. The van der Waals surface area contributed by atoms with Gasteiger partial charge in [-0.05, 0) is 36.3 Å². The summed E-state index contributed by atoms with van der Waals surface area (Å²) < 4.78 is 0. The molecule has 0 saturated heterocycles. The molecular weight excluding hydrogens is 196 g/mol. The van der Waals surface area contributed by atoms with Crippen LogP contribution in [0.25, 0.3) is 0 Å². The fourth-order valence-electron chi connectivity index (χ4n) is 2.13. The average molecular weight is 210 g/mol. The highest BCUT2D eigenvalue weighted by Crippen LogP contribution is 2.41. The molecular formula is C11H14O2S. The third-order valence-electron chi connectivity index (χ3n) is 2.88. The summed E-state index contributed by atoms with van der Waals surface area (Å²) in [7, 11) is 0. The molecule has 2 rings (SSSR count). The third-order valence-corrected chi connectivity index (χ3v) is 4.41. The van der Waals surface area contributed by atoms with E-state index in [-0.39, 0.29) is 5.41 Å². The molecule has 76 valence electrons. The van der Waals surface area contributed by atoms with Gasteiger partial charge < -0.3 is 5.11 Å². The maximum absolute atomic E-state index is 10.8. The number of fused-ring (bicyclic) bond motifs is 1. The Kier molecular flexibility index (Phi) is 2.14. The second-order valence-corrected chi connectivity index (χ2v) is 5.56. The summed E-state index contributed by atoms with van der Waals surface area (Å²) in [5.74, 6) is -0.791. The zero-order chi connectivity index (χ0) is 10.3. The van der Waals surface area contributed by atoms with Crippen LogP contribution in [0.15, 0.2) is 6.07 Å². The van der Waals surface area contributed by atoms with E-state index < -0.39 is 5.97 Å². The lowest BCUT2D eigenvalue weighted by Crippen LogP contribution is -2.21. The van der Waals surface area contributed by atoms with Crippen molar-refractivity contribution in [3.8, 4) is 0 Å². The van der Waals surface area contributed by atoms with Crippen molar-refractivity contribution in [2.45, 2.75) is 38.5 Å². The second-order valence-electron chi connectivity index (χ2n) is 4.51. The predicted molar refractivity (Wildman–Crippen MR) is 57.2 cm³/mol. The number of carboxylic acid groups (broad SMARTS) is 1. The van der Waals surface area contributed by atoms with Crippen molar-refractivity contribution in [1.82, 2.24) is 0 Å². The van der Waals surface area contributed by atoms with Crippen LogP contribution in [0.2, 0.25) is 0 Å². The quantitative estimate of drug-likeness (QED) is 0.773. The van der Waals surface area contributed by atoms with Gasteiger partial charge in [0.15, 0.2) is 0 Å². The number of hydrogen-bond donors (Lipinski definition) is 1. The van der Waals surface area contributed by atoms with Crippen LogP contribution in [0.3, 0.4) is 0 Å². The van der Waals surface area contributed by atoms with Crippen LogP contribution < -0.4 is 0 Å². The number of aryl methyl sites for hydroxylation is 1. The molecule has 0 spiro atoms. The van der Waals surface area contributed by atoms with Gasteiger partial charge >= 0.3 is 5.97 Å². The van der Waals surface area contributed by atoms with Crippen molar-refractivity contribution in [3.05, 3.63) is 21.4 Å². The highest BCUT2D eigenvalue weighted by atomic mass is 32.1. The van der Waals surface area contributed by atoms with Crippen molar-refractivity contribution in [1.29, 1.82) is 0 Å². The van der Waals surface area contributed by atoms with Gasteiger partial charge in [-0.25, -0.2) is 4.79 Å². The molecule has 0 bridgehead atoms. The maximum Gasteiger partial charge on any atom is 0.345 e. The normalized spacial score (nSPS) is 19.0. The van der Waals surface area contributed by atoms with Crippen LogP contribution in [0.1, 0.15) is 46.8 Å². The van der Waals surface area contributed by atoms with E-state index in [0.29, 0.717) is 4.88 Å². The zero-order valence-corrected chi connectivity index (χ0v) is 9.28. The summed E-state index contributed by atoms with van der Waals surface area (Å²) in [6, 6.07) is 1.85. The predicted octanol–water partition coefficient (Wildman–Crippen LogP) is 3.06. The van der Waals surface area contributed by atoms with E-state index in [1.54, 1.807) is 0 Å². The minimum Gasteiger partial charge on any atom is -0.477 e. The molecule has 1 aromatic heterocycles. The first-order chi connectivity index (χ1) is 6.50. The monoisotopic (exact) mass is 210 g/mol. The molecule has 0 fully saturated rings. The smallest absolute Gasteiger partial charge is 0.345 e. The second kappa shape index (κ2) is 3.09. The van der Waals surface area contributed by atoms with Crippen LogP contribution in [0, 0.1) is 0 Å². The highest BCUT2D eigenvalue weighted by molar-refractivity contribution is 7.14. The summed E-state index contributed by atoms with van der Waals surface area (Å²) in [6.45, 7) is 4.40. The first-order valence-corrected chi connectivity index (χ1v) is 5.69. The molecule has 0 saturated carbocycles. The summed E-state index contributed by atoms with van der Waals surface area (Å²) in [6.07, 6.45) is 3.39. The van der Waals surface area contributed by atoms with Crippen LogP contribution in [-0.2, 0) is 11.8 Å². The molecule has 0 atom stereocenters. The number of rotatable bonds is 1. The fraction of sp³-hybridized carbons (Fsp3) is 0.545. The molecule has 0 radical (unpaired) electrons. The molecule has 1 heterocycles. The number of aromatic carboxylic acids is 1. The van der Waals surface area contributed by atoms with E-state index in [2.05, 4.69) is 13.8 Å². The molecule has 14 heavy (non-hydrogen) atoms.